The first-order valence-corrected chi connectivity index (χ1v) is 12.2. The van der Waals surface area contributed by atoms with Crippen molar-refractivity contribution in [3.63, 3.8) is 0 Å². The number of hydrogen-bond donors (Lipinski definition) is 0. The highest BCUT2D eigenvalue weighted by Crippen LogP contribution is 2.37. The Kier molecular flexibility index (Phi) is 7.45. The number of carbonyl (C=O) groups is 1. The Morgan fingerprint density at radius 3 is 2.24 bits per heavy atom. The maximum absolute atomic E-state index is 11.5. The van der Waals surface area contributed by atoms with Gasteiger partial charge in [0.05, 0.1) is 0 Å². The Balaban J connectivity index is 2.76. The Morgan fingerprint density at radius 1 is 1.16 bits per heavy atom. The molecular weight excluding hydrogens is 328 g/mol. The van der Waals surface area contributed by atoms with Crippen LogP contribution in [0.1, 0.15) is 57.7 Å². The molecule has 0 radical (unpaired) electrons. The number of hydrogen-bond acceptors (Lipinski definition) is 3. The Bertz CT molecular complexity index is 600. The monoisotopic (exact) mass is 364 g/mol. The topological polar surface area (TPSA) is 35.5 Å². The van der Waals surface area contributed by atoms with Gasteiger partial charge in [-0.25, -0.2) is 0 Å². The molecule has 0 amide bonds. The van der Waals surface area contributed by atoms with Gasteiger partial charge in [0.2, 0.25) is 0 Å². The molecule has 0 spiro atoms. The van der Waals surface area contributed by atoms with Gasteiger partial charge in [-0.3, -0.25) is 4.79 Å². The minimum Gasteiger partial charge on any atom is -0.426 e. The zero-order chi connectivity index (χ0) is 19.4. The molecule has 0 saturated heterocycles. The standard InChI is InChI=1S/C21H36O3Si/c1-15(12-13-23-25(8,9)21(5,6)7)14-19-16(2)10-11-17(3)20(19)24-18(4)22/h10-11,15H,12-14H2,1-9H3. The van der Waals surface area contributed by atoms with E-state index in [1.54, 1.807) is 0 Å². The Hall–Kier alpha value is -1.13. The van der Waals surface area contributed by atoms with Crippen molar-refractivity contribution in [3.05, 3.63) is 28.8 Å². The zero-order valence-corrected chi connectivity index (χ0v) is 18.6. The van der Waals surface area contributed by atoms with Gasteiger partial charge in [0.25, 0.3) is 0 Å². The van der Waals surface area contributed by atoms with E-state index in [4.69, 9.17) is 9.16 Å². The van der Waals surface area contributed by atoms with Gasteiger partial charge in [0, 0.05) is 13.5 Å². The number of aryl methyl sites for hydroxylation is 2. The molecule has 0 aliphatic heterocycles. The molecule has 1 aromatic carbocycles. The number of carbonyl (C=O) groups excluding carboxylic acids is 1. The lowest BCUT2D eigenvalue weighted by Gasteiger charge is -2.36. The van der Waals surface area contributed by atoms with Gasteiger partial charge in [-0.15, -0.1) is 0 Å². The van der Waals surface area contributed by atoms with Gasteiger partial charge in [-0.1, -0.05) is 39.8 Å². The molecular formula is C21H36O3Si. The molecule has 25 heavy (non-hydrogen) atoms. The molecule has 3 nitrogen and oxygen atoms in total. The number of rotatable bonds is 7. The fourth-order valence-electron chi connectivity index (χ4n) is 2.57. The predicted molar refractivity (Wildman–Crippen MR) is 108 cm³/mol. The number of esters is 1. The summed E-state index contributed by atoms with van der Waals surface area (Å²) in [6, 6.07) is 4.12. The maximum Gasteiger partial charge on any atom is 0.308 e. The van der Waals surface area contributed by atoms with Gasteiger partial charge < -0.3 is 9.16 Å². The molecule has 1 rings (SSSR count). The van der Waals surface area contributed by atoms with Crippen LogP contribution >= 0.6 is 0 Å². The SMILES string of the molecule is CC(=O)Oc1c(C)ccc(C)c1CC(C)CCO[Si](C)(C)C(C)(C)C. The molecule has 1 unspecified atom stereocenters. The van der Waals surface area contributed by atoms with Crippen LogP contribution in [0.2, 0.25) is 18.1 Å². The fourth-order valence-corrected chi connectivity index (χ4v) is 3.63. The van der Waals surface area contributed by atoms with Crippen LogP contribution < -0.4 is 4.74 Å². The Morgan fingerprint density at radius 2 is 1.72 bits per heavy atom. The second kappa shape index (κ2) is 8.50. The van der Waals surface area contributed by atoms with Gasteiger partial charge in [0.1, 0.15) is 5.75 Å². The molecule has 4 heteroatoms. The maximum atomic E-state index is 11.5. The van der Waals surface area contributed by atoms with E-state index in [0.717, 1.165) is 36.3 Å². The number of benzene rings is 1. The molecule has 0 saturated carbocycles. The highest BCUT2D eigenvalue weighted by atomic mass is 28.4. The molecule has 0 heterocycles. The summed E-state index contributed by atoms with van der Waals surface area (Å²) >= 11 is 0. The summed E-state index contributed by atoms with van der Waals surface area (Å²) in [6.45, 7) is 20.0. The first-order chi connectivity index (χ1) is 11.3. The zero-order valence-electron chi connectivity index (χ0n) is 17.6. The highest BCUT2D eigenvalue weighted by Gasteiger charge is 2.36. The molecule has 0 aliphatic rings. The van der Waals surface area contributed by atoms with Crippen molar-refractivity contribution in [1.29, 1.82) is 0 Å². The van der Waals surface area contributed by atoms with E-state index in [9.17, 15) is 4.79 Å². The summed E-state index contributed by atoms with van der Waals surface area (Å²) in [6.07, 6.45) is 1.91. The van der Waals surface area contributed by atoms with Crippen molar-refractivity contribution in [2.24, 2.45) is 5.92 Å². The van der Waals surface area contributed by atoms with E-state index < -0.39 is 8.32 Å². The molecule has 0 N–H and O–H groups in total. The normalized spacial score (nSPS) is 13.6. The highest BCUT2D eigenvalue weighted by molar-refractivity contribution is 6.74. The van der Waals surface area contributed by atoms with E-state index in [0.29, 0.717) is 5.92 Å². The first kappa shape index (κ1) is 21.9. The lowest BCUT2D eigenvalue weighted by Crippen LogP contribution is -2.41. The van der Waals surface area contributed by atoms with Crippen molar-refractivity contribution in [2.75, 3.05) is 6.61 Å². The van der Waals surface area contributed by atoms with Crippen LogP contribution in [0.3, 0.4) is 0 Å². The smallest absolute Gasteiger partial charge is 0.308 e. The lowest BCUT2D eigenvalue weighted by molar-refractivity contribution is -0.132. The van der Waals surface area contributed by atoms with Crippen LogP contribution in [0.4, 0.5) is 0 Å². The van der Waals surface area contributed by atoms with Gasteiger partial charge in [-0.05, 0) is 67.4 Å². The van der Waals surface area contributed by atoms with Crippen LogP contribution in [0.25, 0.3) is 0 Å². The minimum absolute atomic E-state index is 0.242. The van der Waals surface area contributed by atoms with Gasteiger partial charge in [-0.2, -0.15) is 0 Å². The molecule has 1 atom stereocenters. The predicted octanol–water partition coefficient (Wildman–Crippen LogP) is 5.82. The van der Waals surface area contributed by atoms with Gasteiger partial charge >= 0.3 is 5.97 Å². The van der Waals surface area contributed by atoms with E-state index in [1.165, 1.54) is 12.5 Å². The third-order valence-electron chi connectivity index (χ3n) is 5.37. The first-order valence-electron chi connectivity index (χ1n) is 9.26. The second-order valence-electron chi connectivity index (χ2n) is 8.81. The molecule has 1 aromatic rings. The Labute approximate surface area is 155 Å². The minimum atomic E-state index is -1.69. The van der Waals surface area contributed by atoms with Crippen LogP contribution in [0.5, 0.6) is 5.75 Å². The lowest BCUT2D eigenvalue weighted by atomic mass is 9.93. The summed E-state index contributed by atoms with van der Waals surface area (Å²) in [7, 11) is -1.69. The van der Waals surface area contributed by atoms with E-state index in [2.05, 4.69) is 53.8 Å². The van der Waals surface area contributed by atoms with E-state index >= 15 is 0 Å². The van der Waals surface area contributed by atoms with Crippen LogP contribution in [0.15, 0.2) is 12.1 Å². The third-order valence-corrected chi connectivity index (χ3v) is 9.91. The average molecular weight is 365 g/mol. The third kappa shape index (κ3) is 6.26. The number of ether oxygens (including phenoxy) is 1. The van der Waals surface area contributed by atoms with Crippen LogP contribution in [-0.2, 0) is 15.6 Å². The van der Waals surface area contributed by atoms with Crippen LogP contribution in [0, 0.1) is 19.8 Å². The summed E-state index contributed by atoms with van der Waals surface area (Å²) in [5, 5.41) is 0.242. The molecule has 0 bridgehead atoms. The average Bonchev–Trinajstić information content (AvgIpc) is 2.45. The van der Waals surface area contributed by atoms with Gasteiger partial charge in [0.15, 0.2) is 8.32 Å². The quantitative estimate of drug-likeness (QED) is 0.347. The van der Waals surface area contributed by atoms with Crippen molar-refractivity contribution < 1.29 is 14.0 Å². The largest absolute Gasteiger partial charge is 0.426 e. The molecule has 0 fully saturated rings. The fraction of sp³-hybridized carbons (Fsp3) is 0.667. The summed E-state index contributed by atoms with van der Waals surface area (Å²) in [4.78, 5) is 11.5. The van der Waals surface area contributed by atoms with E-state index in [1.807, 2.05) is 13.0 Å². The van der Waals surface area contributed by atoms with Crippen molar-refractivity contribution in [3.8, 4) is 5.75 Å². The van der Waals surface area contributed by atoms with Crippen molar-refractivity contribution in [1.82, 2.24) is 0 Å². The van der Waals surface area contributed by atoms with E-state index in [-0.39, 0.29) is 11.0 Å². The van der Waals surface area contributed by atoms with Crippen LogP contribution in [-0.4, -0.2) is 20.9 Å². The van der Waals surface area contributed by atoms with Crippen molar-refractivity contribution >= 4 is 14.3 Å². The molecule has 0 aliphatic carbocycles. The summed E-state index contributed by atoms with van der Waals surface area (Å²) in [5.74, 6) is 0.952. The van der Waals surface area contributed by atoms with Crippen molar-refractivity contribution in [2.45, 2.75) is 79.4 Å². The molecule has 0 aromatic heterocycles. The summed E-state index contributed by atoms with van der Waals surface area (Å²) < 4.78 is 11.8. The second-order valence-corrected chi connectivity index (χ2v) is 13.6. The summed E-state index contributed by atoms with van der Waals surface area (Å²) in [5.41, 5.74) is 3.34. The molecule has 142 valence electrons.